The van der Waals surface area contributed by atoms with Crippen molar-refractivity contribution in [1.29, 1.82) is 0 Å². The van der Waals surface area contributed by atoms with Crippen molar-refractivity contribution < 1.29 is 9.72 Å². The molecule has 7 heteroatoms. The van der Waals surface area contributed by atoms with Gasteiger partial charge in [0.15, 0.2) is 0 Å². The first-order valence-corrected chi connectivity index (χ1v) is 7.52. The molecular formula is C14H20ClN3O3. The Morgan fingerprint density at radius 3 is 2.67 bits per heavy atom. The van der Waals surface area contributed by atoms with Crippen LogP contribution in [0.1, 0.15) is 55.8 Å². The second kappa shape index (κ2) is 9.28. The van der Waals surface area contributed by atoms with E-state index < -0.39 is 10.8 Å². The molecule has 1 aromatic rings. The van der Waals surface area contributed by atoms with Gasteiger partial charge in [-0.05, 0) is 12.5 Å². The lowest BCUT2D eigenvalue weighted by Gasteiger charge is -2.06. The lowest BCUT2D eigenvalue weighted by molar-refractivity contribution is -0.385. The lowest BCUT2D eigenvalue weighted by Crippen LogP contribution is -2.25. The molecule has 0 aliphatic rings. The molecule has 116 valence electrons. The number of nitro groups is 1. The molecule has 21 heavy (non-hydrogen) atoms. The van der Waals surface area contributed by atoms with Crippen molar-refractivity contribution >= 4 is 23.2 Å². The van der Waals surface area contributed by atoms with Crippen LogP contribution in [0.4, 0.5) is 5.69 Å². The van der Waals surface area contributed by atoms with Crippen molar-refractivity contribution in [3.8, 4) is 0 Å². The van der Waals surface area contributed by atoms with Crippen molar-refractivity contribution in [3.05, 3.63) is 33.1 Å². The fraction of sp³-hybridized carbons (Fsp3) is 0.571. The highest BCUT2D eigenvalue weighted by molar-refractivity contribution is 6.29. The SMILES string of the molecule is CCCCCCCCNC(=O)c1cc(Cl)ncc1[N+](=O)[O-]. The summed E-state index contributed by atoms with van der Waals surface area (Å²) in [6, 6.07) is 1.22. The Bertz CT molecular complexity index is 494. The minimum atomic E-state index is -0.636. The third kappa shape index (κ3) is 6.08. The number of carbonyl (C=O) groups is 1. The molecule has 1 amide bonds. The fourth-order valence-electron chi connectivity index (χ4n) is 1.95. The predicted molar refractivity (Wildman–Crippen MR) is 81.6 cm³/mol. The van der Waals surface area contributed by atoms with E-state index in [1.807, 2.05) is 0 Å². The second-order valence-corrected chi connectivity index (χ2v) is 5.19. The van der Waals surface area contributed by atoms with Crippen LogP contribution in [0.15, 0.2) is 12.3 Å². The Morgan fingerprint density at radius 1 is 1.33 bits per heavy atom. The van der Waals surface area contributed by atoms with Gasteiger partial charge in [-0.3, -0.25) is 14.9 Å². The maximum absolute atomic E-state index is 12.0. The molecule has 1 aromatic heterocycles. The topological polar surface area (TPSA) is 85.1 Å². The highest BCUT2D eigenvalue weighted by Gasteiger charge is 2.20. The maximum atomic E-state index is 12.0. The Hall–Kier alpha value is -1.69. The van der Waals surface area contributed by atoms with Gasteiger partial charge in [-0.25, -0.2) is 4.98 Å². The van der Waals surface area contributed by atoms with Gasteiger partial charge in [0.05, 0.1) is 4.92 Å². The highest BCUT2D eigenvalue weighted by atomic mass is 35.5. The number of rotatable bonds is 9. The Balaban J connectivity index is 2.45. The molecule has 0 radical (unpaired) electrons. The van der Waals surface area contributed by atoms with Crippen molar-refractivity contribution in [1.82, 2.24) is 10.3 Å². The average Bonchev–Trinajstić information content (AvgIpc) is 2.45. The van der Waals surface area contributed by atoms with Gasteiger partial charge in [0, 0.05) is 6.54 Å². The summed E-state index contributed by atoms with van der Waals surface area (Å²) >= 11 is 5.68. The molecule has 0 saturated carbocycles. The molecule has 1 heterocycles. The zero-order valence-corrected chi connectivity index (χ0v) is 12.9. The van der Waals surface area contributed by atoms with Crippen LogP contribution in [-0.4, -0.2) is 22.4 Å². The molecule has 0 spiro atoms. The number of carbonyl (C=O) groups excluding carboxylic acids is 1. The van der Waals surface area contributed by atoms with E-state index in [9.17, 15) is 14.9 Å². The third-order valence-corrected chi connectivity index (χ3v) is 3.31. The van der Waals surface area contributed by atoms with E-state index in [-0.39, 0.29) is 16.4 Å². The van der Waals surface area contributed by atoms with Crippen molar-refractivity contribution in [2.45, 2.75) is 45.4 Å². The molecule has 0 aliphatic carbocycles. The fourth-order valence-corrected chi connectivity index (χ4v) is 2.11. The second-order valence-electron chi connectivity index (χ2n) is 4.80. The quantitative estimate of drug-likeness (QED) is 0.326. The van der Waals surface area contributed by atoms with Gasteiger partial charge in [0.25, 0.3) is 11.6 Å². The summed E-state index contributed by atoms with van der Waals surface area (Å²) in [6.45, 7) is 2.66. The molecular weight excluding hydrogens is 294 g/mol. The molecule has 0 fully saturated rings. The molecule has 0 unspecified atom stereocenters. The molecule has 1 N–H and O–H groups in total. The summed E-state index contributed by atoms with van der Waals surface area (Å²) in [6.07, 6.45) is 7.68. The molecule has 0 bridgehead atoms. The molecule has 0 saturated heterocycles. The van der Waals surface area contributed by atoms with E-state index >= 15 is 0 Å². The van der Waals surface area contributed by atoms with E-state index in [0.717, 1.165) is 25.5 Å². The highest BCUT2D eigenvalue weighted by Crippen LogP contribution is 2.20. The normalized spacial score (nSPS) is 10.4. The Kier molecular flexibility index (Phi) is 7.68. The number of nitrogens with zero attached hydrogens (tertiary/aromatic N) is 2. The number of nitrogens with one attached hydrogen (secondary N) is 1. The van der Waals surface area contributed by atoms with Crippen LogP contribution < -0.4 is 5.32 Å². The summed E-state index contributed by atoms with van der Waals surface area (Å²) in [7, 11) is 0. The Morgan fingerprint density at radius 2 is 2.00 bits per heavy atom. The number of pyridine rings is 1. The zero-order chi connectivity index (χ0) is 15.7. The summed E-state index contributed by atoms with van der Waals surface area (Å²) in [5.41, 5.74) is -0.383. The van der Waals surface area contributed by atoms with Crippen LogP contribution in [0.3, 0.4) is 0 Å². The molecule has 0 atom stereocenters. The Labute approximate surface area is 129 Å². The first kappa shape index (κ1) is 17.4. The summed E-state index contributed by atoms with van der Waals surface area (Å²) in [5, 5.41) is 13.6. The van der Waals surface area contributed by atoms with Gasteiger partial charge >= 0.3 is 0 Å². The van der Waals surface area contributed by atoms with E-state index in [1.165, 1.54) is 25.3 Å². The minimum absolute atomic E-state index is 0.0500. The smallest absolute Gasteiger partial charge is 0.300 e. The molecule has 1 rings (SSSR count). The largest absolute Gasteiger partial charge is 0.352 e. The van der Waals surface area contributed by atoms with E-state index in [2.05, 4.69) is 17.2 Å². The van der Waals surface area contributed by atoms with E-state index in [4.69, 9.17) is 11.6 Å². The molecule has 0 aromatic carbocycles. The number of amides is 1. The zero-order valence-electron chi connectivity index (χ0n) is 12.1. The maximum Gasteiger partial charge on any atom is 0.300 e. The number of unbranched alkanes of at least 4 members (excludes halogenated alkanes) is 5. The monoisotopic (exact) mass is 313 g/mol. The number of hydrogen-bond donors (Lipinski definition) is 1. The van der Waals surface area contributed by atoms with Crippen LogP contribution in [-0.2, 0) is 0 Å². The first-order valence-electron chi connectivity index (χ1n) is 7.14. The average molecular weight is 314 g/mol. The van der Waals surface area contributed by atoms with E-state index in [1.54, 1.807) is 0 Å². The summed E-state index contributed by atoms with van der Waals surface area (Å²) in [4.78, 5) is 25.8. The van der Waals surface area contributed by atoms with Gasteiger partial charge in [-0.15, -0.1) is 0 Å². The third-order valence-electron chi connectivity index (χ3n) is 3.11. The predicted octanol–water partition coefficient (Wildman–Crippen LogP) is 3.73. The van der Waals surface area contributed by atoms with Gasteiger partial charge < -0.3 is 5.32 Å². The van der Waals surface area contributed by atoms with E-state index in [0.29, 0.717) is 6.54 Å². The number of hydrogen-bond acceptors (Lipinski definition) is 4. The standard InChI is InChI=1S/C14H20ClN3O3/c1-2-3-4-5-6-7-8-16-14(19)11-9-13(15)17-10-12(11)18(20)21/h9-10H,2-8H2,1H3,(H,16,19). The number of halogens is 1. The van der Waals surface area contributed by atoms with Gasteiger partial charge in [0.2, 0.25) is 0 Å². The van der Waals surface area contributed by atoms with Gasteiger partial charge in [0.1, 0.15) is 16.9 Å². The summed E-state index contributed by atoms with van der Waals surface area (Å²) < 4.78 is 0. The van der Waals surface area contributed by atoms with Crippen molar-refractivity contribution in [2.24, 2.45) is 0 Å². The van der Waals surface area contributed by atoms with Gasteiger partial charge in [-0.1, -0.05) is 50.6 Å². The number of aromatic nitrogens is 1. The molecule has 6 nitrogen and oxygen atoms in total. The van der Waals surface area contributed by atoms with Crippen molar-refractivity contribution in [2.75, 3.05) is 6.54 Å². The van der Waals surface area contributed by atoms with Crippen LogP contribution in [0.25, 0.3) is 0 Å². The first-order chi connectivity index (χ1) is 10.1. The minimum Gasteiger partial charge on any atom is -0.352 e. The van der Waals surface area contributed by atoms with Crippen LogP contribution in [0, 0.1) is 10.1 Å². The van der Waals surface area contributed by atoms with Crippen LogP contribution in [0.5, 0.6) is 0 Å². The summed E-state index contributed by atoms with van der Waals surface area (Å²) in [5.74, 6) is -0.487. The lowest BCUT2D eigenvalue weighted by atomic mass is 10.1. The molecule has 0 aliphatic heterocycles. The van der Waals surface area contributed by atoms with Crippen LogP contribution in [0.2, 0.25) is 5.15 Å². The van der Waals surface area contributed by atoms with Crippen molar-refractivity contribution in [3.63, 3.8) is 0 Å². The van der Waals surface area contributed by atoms with Gasteiger partial charge in [-0.2, -0.15) is 0 Å². The van der Waals surface area contributed by atoms with Crippen LogP contribution >= 0.6 is 11.6 Å².